The minimum Gasteiger partial charge on any atom is -0.462 e. The quantitative estimate of drug-likeness (QED) is 0.107. The van der Waals surface area contributed by atoms with Crippen molar-refractivity contribution < 1.29 is 67.6 Å². The highest BCUT2D eigenvalue weighted by atomic mass is 16.7. The molecule has 3 N–H and O–H groups in total. The Morgan fingerprint density at radius 2 is 1.60 bits per heavy atom. The molecule has 6 heterocycles. The molecule has 2 aliphatic carbocycles. The molecule has 0 aromatic heterocycles. The molecule has 8 rings (SSSR count). The molecular formula is C50H75NO14. The molecule has 1 spiro atoms. The van der Waals surface area contributed by atoms with Crippen molar-refractivity contribution in [1.82, 2.24) is 0 Å². The van der Waals surface area contributed by atoms with E-state index < -0.39 is 84.7 Å². The van der Waals surface area contributed by atoms with E-state index in [4.69, 9.17) is 47.4 Å². The van der Waals surface area contributed by atoms with Crippen LogP contribution in [-0.2, 0) is 52.2 Å². The number of hydrogen-bond donors (Lipinski definition) is 3. The third kappa shape index (κ3) is 10.1. The molecule has 1 saturated carbocycles. The van der Waals surface area contributed by atoms with Gasteiger partial charge in [0, 0.05) is 52.2 Å². The smallest absolute Gasteiger partial charge is 0.316 e. The standard InChI is InChI=1S/C50H75NO14/c1-27-13-12-16-34-26-58-47-42(51-55)30(4)21-37(50(34,47)54)48(53)61-36-22-35(64-49(25-36)20-19-29(3)45(65-49)33-14-10-9-11-15-33)18-17-28(2)44(27)62-41-24-39(57-8)46(32(6)60-41)63-40-23-38(56-7)43(52)31(5)59-40/h12-13,16-17,21,27,29,31-33,35-41,43-47,52,54-55H,9-11,14-15,18-20,22-26H2,1-8H3/b13-12+,28-17+,34-16+,51-42+/t27-,29-,31-,32-,35+,36-,37?,38-,39-,40-,41-,43-,44?,45?,46?,47+,49+,50+/m0/s1. The second kappa shape index (κ2) is 20.6. The van der Waals surface area contributed by atoms with Crippen LogP contribution in [0.2, 0.25) is 0 Å². The number of carbonyl (C=O) groups is 1. The molecule has 0 amide bonds. The van der Waals surface area contributed by atoms with Crippen LogP contribution in [0.4, 0.5) is 0 Å². The average molecular weight is 914 g/mol. The number of aliphatic hydroxyl groups excluding tert-OH is 1. The topological polar surface area (TPSA) is 182 Å². The predicted octanol–water partition coefficient (Wildman–Crippen LogP) is 6.60. The Morgan fingerprint density at radius 3 is 2.34 bits per heavy atom. The van der Waals surface area contributed by atoms with Crippen LogP contribution >= 0.6 is 0 Å². The van der Waals surface area contributed by atoms with Gasteiger partial charge in [-0.1, -0.05) is 68.6 Å². The van der Waals surface area contributed by atoms with E-state index in [1.807, 2.05) is 19.1 Å². The van der Waals surface area contributed by atoms with E-state index in [9.17, 15) is 20.2 Å². The zero-order valence-electron chi connectivity index (χ0n) is 39.7. The molecule has 65 heavy (non-hydrogen) atoms. The second-order valence-corrected chi connectivity index (χ2v) is 20.3. The molecule has 0 aromatic carbocycles. The number of aliphatic hydroxyl groups is 2. The van der Waals surface area contributed by atoms with E-state index in [0.29, 0.717) is 61.5 Å². The van der Waals surface area contributed by atoms with Gasteiger partial charge in [-0.2, -0.15) is 0 Å². The molecule has 6 aliphatic heterocycles. The van der Waals surface area contributed by atoms with Crippen LogP contribution in [0.5, 0.6) is 0 Å². The van der Waals surface area contributed by atoms with Gasteiger partial charge in [-0.05, 0) is 81.9 Å². The van der Waals surface area contributed by atoms with Gasteiger partial charge in [-0.25, -0.2) is 0 Å². The zero-order valence-corrected chi connectivity index (χ0v) is 39.7. The first-order valence-electron chi connectivity index (χ1n) is 24.4. The van der Waals surface area contributed by atoms with Gasteiger partial charge in [0.05, 0.1) is 49.3 Å². The van der Waals surface area contributed by atoms with E-state index >= 15 is 0 Å². The minimum atomic E-state index is -1.86. The van der Waals surface area contributed by atoms with Crippen LogP contribution in [0.3, 0.4) is 0 Å². The van der Waals surface area contributed by atoms with Crippen LogP contribution < -0.4 is 0 Å². The minimum absolute atomic E-state index is 0.0205. The number of rotatable bonds is 7. The molecule has 364 valence electrons. The Kier molecular flexibility index (Phi) is 15.5. The fourth-order valence-corrected chi connectivity index (χ4v) is 12.1. The molecule has 2 bridgehead atoms. The summed E-state index contributed by atoms with van der Waals surface area (Å²) in [7, 11) is 3.23. The fourth-order valence-electron chi connectivity index (χ4n) is 12.1. The van der Waals surface area contributed by atoms with Gasteiger partial charge in [0.1, 0.15) is 41.6 Å². The highest BCUT2D eigenvalue weighted by Gasteiger charge is 2.60. The summed E-state index contributed by atoms with van der Waals surface area (Å²) in [4.78, 5) is 14.5. The lowest BCUT2D eigenvalue weighted by molar-refractivity contribution is -0.342. The SMILES string of the molecule is CO[C@H]1C[C@H](OC2/C(C)=C/C[C@@H]3C[C@@H](C[C@]4(CC[C@H](C)C(C5CCCCC5)O4)O3)OC(=O)C3C=C(C)/C(=N\O)[C@H]4OC/C(=C\C=C\[C@@H]2C)[C@@]34O)O[C@@H](C)C1O[C@H]1C[C@H](OC)[C@@H](O)[C@H](C)O1. The Hall–Kier alpha value is -2.54. The third-order valence-electron chi connectivity index (χ3n) is 15.8. The summed E-state index contributed by atoms with van der Waals surface area (Å²) in [6.45, 7) is 11.9. The van der Waals surface area contributed by atoms with Crippen molar-refractivity contribution in [2.75, 3.05) is 20.8 Å². The summed E-state index contributed by atoms with van der Waals surface area (Å²) in [5.41, 5.74) is 0.304. The predicted molar refractivity (Wildman–Crippen MR) is 238 cm³/mol. The first kappa shape index (κ1) is 48.9. The van der Waals surface area contributed by atoms with Gasteiger partial charge in [-0.15, -0.1) is 0 Å². The van der Waals surface area contributed by atoms with Crippen LogP contribution in [-0.4, -0.2) is 139 Å². The number of allylic oxidation sites excluding steroid dienone is 2. The summed E-state index contributed by atoms with van der Waals surface area (Å²) in [6, 6.07) is 0. The largest absolute Gasteiger partial charge is 0.462 e. The van der Waals surface area contributed by atoms with Crippen LogP contribution in [0.25, 0.3) is 0 Å². The number of methoxy groups -OCH3 is 2. The van der Waals surface area contributed by atoms with Crippen molar-refractivity contribution in [1.29, 1.82) is 0 Å². The van der Waals surface area contributed by atoms with E-state index in [1.54, 1.807) is 40.2 Å². The van der Waals surface area contributed by atoms with Crippen molar-refractivity contribution in [3.63, 3.8) is 0 Å². The van der Waals surface area contributed by atoms with Gasteiger partial charge in [0.25, 0.3) is 0 Å². The number of carbonyl (C=O) groups excluding carboxylic acids is 1. The van der Waals surface area contributed by atoms with Crippen molar-refractivity contribution in [3.05, 3.63) is 47.1 Å². The normalized spacial score (nSPS) is 48.4. The molecule has 15 heteroatoms. The van der Waals surface area contributed by atoms with Crippen LogP contribution in [0.15, 0.2) is 52.3 Å². The maximum absolute atomic E-state index is 14.5. The average Bonchev–Trinajstić information content (AvgIpc) is 3.62. The number of hydrogen-bond acceptors (Lipinski definition) is 15. The highest BCUT2D eigenvalue weighted by Crippen LogP contribution is 2.48. The van der Waals surface area contributed by atoms with Crippen molar-refractivity contribution >= 4 is 11.7 Å². The number of esters is 1. The van der Waals surface area contributed by atoms with Gasteiger partial charge in [0.2, 0.25) is 0 Å². The molecule has 5 saturated heterocycles. The van der Waals surface area contributed by atoms with Gasteiger partial charge >= 0.3 is 5.97 Å². The summed E-state index contributed by atoms with van der Waals surface area (Å²) >= 11 is 0. The monoisotopic (exact) mass is 914 g/mol. The molecule has 8 aliphatic rings. The Bertz CT molecular complexity index is 1830. The van der Waals surface area contributed by atoms with Crippen LogP contribution in [0.1, 0.15) is 119 Å². The molecular weight excluding hydrogens is 839 g/mol. The molecule has 0 aromatic rings. The summed E-state index contributed by atoms with van der Waals surface area (Å²) in [6.07, 6.45) is 12.7. The summed E-state index contributed by atoms with van der Waals surface area (Å²) in [5.74, 6) is -1.95. The van der Waals surface area contributed by atoms with E-state index in [-0.39, 0.29) is 36.5 Å². The van der Waals surface area contributed by atoms with Crippen LogP contribution in [0, 0.1) is 23.7 Å². The number of nitrogens with zero attached hydrogens (tertiary/aromatic N) is 1. The first-order chi connectivity index (χ1) is 31.2. The lowest BCUT2D eigenvalue weighted by atomic mass is 9.71. The fraction of sp³-hybridized carbons (Fsp3) is 0.800. The van der Waals surface area contributed by atoms with Gasteiger partial charge < -0.3 is 62.8 Å². The first-order valence-corrected chi connectivity index (χ1v) is 24.4. The maximum Gasteiger partial charge on any atom is 0.316 e. The molecule has 6 fully saturated rings. The van der Waals surface area contributed by atoms with Crippen molar-refractivity contribution in [3.8, 4) is 0 Å². The molecule has 4 unspecified atom stereocenters. The van der Waals surface area contributed by atoms with E-state index in [2.05, 4.69) is 32.0 Å². The van der Waals surface area contributed by atoms with Gasteiger partial charge in [-0.3, -0.25) is 4.79 Å². The highest BCUT2D eigenvalue weighted by molar-refractivity contribution is 6.06. The Balaban J connectivity index is 1.09. The van der Waals surface area contributed by atoms with Gasteiger partial charge in [0.15, 0.2) is 18.4 Å². The second-order valence-electron chi connectivity index (χ2n) is 20.3. The Morgan fingerprint density at radius 1 is 0.877 bits per heavy atom. The lowest BCUT2D eigenvalue weighted by Gasteiger charge is -2.51. The number of oxime groups is 1. The molecule has 0 radical (unpaired) electrons. The van der Waals surface area contributed by atoms with E-state index in [1.165, 1.54) is 19.3 Å². The number of fused-ring (bicyclic) bond motifs is 2. The molecule has 15 nitrogen and oxygen atoms in total. The zero-order chi connectivity index (χ0) is 46.2. The summed E-state index contributed by atoms with van der Waals surface area (Å²) < 4.78 is 64.5. The summed E-state index contributed by atoms with van der Waals surface area (Å²) in [5, 5.41) is 36.8. The molecule has 18 atom stereocenters. The third-order valence-corrected chi connectivity index (χ3v) is 15.8. The lowest BCUT2D eigenvalue weighted by Crippen LogP contribution is -2.57. The van der Waals surface area contributed by atoms with Crippen molar-refractivity contribution in [2.45, 2.75) is 210 Å². The van der Waals surface area contributed by atoms with E-state index in [0.717, 1.165) is 24.8 Å². The van der Waals surface area contributed by atoms with Crippen molar-refractivity contribution in [2.24, 2.45) is 28.8 Å². The Labute approximate surface area is 384 Å². The number of ether oxygens (including phenoxy) is 10. The maximum atomic E-state index is 14.5.